The van der Waals surface area contributed by atoms with Crippen molar-refractivity contribution in [3.63, 3.8) is 0 Å². The van der Waals surface area contributed by atoms with E-state index in [0.29, 0.717) is 0 Å². The summed E-state index contributed by atoms with van der Waals surface area (Å²) in [5.41, 5.74) is 7.63. The van der Waals surface area contributed by atoms with Gasteiger partial charge in [-0.05, 0) is 68.7 Å². The molecule has 4 nitrogen and oxygen atoms in total. The highest BCUT2D eigenvalue weighted by atomic mass is 16.3. The lowest BCUT2D eigenvalue weighted by Crippen LogP contribution is -2.10. The van der Waals surface area contributed by atoms with Crippen LogP contribution in [0.15, 0.2) is 177 Å². The predicted molar refractivity (Wildman–Crippen MR) is 215 cm³/mol. The molecule has 0 saturated heterocycles. The summed E-state index contributed by atoms with van der Waals surface area (Å²) < 4.78 is 20.6. The molecular weight excluding hydrogens is 639 g/mol. The minimum absolute atomic E-state index is 0.797. The van der Waals surface area contributed by atoms with Crippen LogP contribution >= 0.6 is 0 Å². The van der Waals surface area contributed by atoms with E-state index in [9.17, 15) is 0 Å². The van der Waals surface area contributed by atoms with Gasteiger partial charge in [-0.25, -0.2) is 0 Å². The van der Waals surface area contributed by atoms with Crippen molar-refractivity contribution >= 4 is 115 Å². The first kappa shape index (κ1) is 27.7. The third-order valence-corrected chi connectivity index (χ3v) is 10.8. The fourth-order valence-electron chi connectivity index (χ4n) is 8.58. The maximum atomic E-state index is 6.87. The highest BCUT2D eigenvalue weighted by Crippen LogP contribution is 2.50. The lowest BCUT2D eigenvalue weighted by atomic mass is 10.0. The van der Waals surface area contributed by atoms with Crippen molar-refractivity contribution in [2.24, 2.45) is 0 Å². The second-order valence-electron chi connectivity index (χ2n) is 13.6. The third kappa shape index (κ3) is 3.70. The molecule has 242 valence electrons. The molecule has 0 radical (unpaired) electrons. The van der Waals surface area contributed by atoms with Crippen LogP contribution in [0.2, 0.25) is 0 Å². The molecule has 0 unspecified atom stereocenters. The number of rotatable bonds is 3. The molecule has 0 aliphatic heterocycles. The Balaban J connectivity index is 1.23. The molecule has 0 aliphatic carbocycles. The van der Waals surface area contributed by atoms with Gasteiger partial charge in [-0.3, -0.25) is 4.90 Å². The van der Waals surface area contributed by atoms with E-state index in [0.717, 1.165) is 82.9 Å². The average Bonchev–Trinajstić information content (AvgIpc) is 3.91. The van der Waals surface area contributed by atoms with Crippen LogP contribution in [0.3, 0.4) is 0 Å². The van der Waals surface area contributed by atoms with Gasteiger partial charge in [-0.2, -0.15) is 0 Å². The Morgan fingerprint density at radius 1 is 0.269 bits per heavy atom. The van der Waals surface area contributed by atoms with Crippen LogP contribution in [0.1, 0.15) is 0 Å². The minimum Gasteiger partial charge on any atom is -0.454 e. The Morgan fingerprint density at radius 3 is 0.923 bits per heavy atom. The largest absolute Gasteiger partial charge is 0.454 e. The van der Waals surface area contributed by atoms with Gasteiger partial charge in [0.25, 0.3) is 0 Å². The van der Waals surface area contributed by atoms with E-state index < -0.39 is 0 Å². The zero-order chi connectivity index (χ0) is 33.9. The average molecular weight is 666 g/mol. The molecule has 0 amide bonds. The van der Waals surface area contributed by atoms with E-state index in [1.54, 1.807) is 0 Å². The van der Waals surface area contributed by atoms with E-state index in [4.69, 9.17) is 13.3 Å². The van der Waals surface area contributed by atoms with Crippen molar-refractivity contribution in [3.05, 3.63) is 164 Å². The monoisotopic (exact) mass is 665 g/mol. The molecule has 52 heavy (non-hydrogen) atoms. The van der Waals surface area contributed by atoms with Crippen molar-refractivity contribution < 1.29 is 13.3 Å². The SMILES string of the molecule is c1ccc2c(c1)ccc1oc3c(N(c4cccc5c4oc4ccc6ccccc6c45)c4cccc5c4oc4ccc6ccccc6c45)cccc3c12. The quantitative estimate of drug-likeness (QED) is 0.188. The lowest BCUT2D eigenvalue weighted by molar-refractivity contribution is 0.664. The number of fused-ring (bicyclic) bond motifs is 15. The summed E-state index contributed by atoms with van der Waals surface area (Å²) in [5, 5.41) is 13.5. The topological polar surface area (TPSA) is 42.7 Å². The van der Waals surface area contributed by atoms with Crippen LogP contribution in [0, 0.1) is 0 Å². The van der Waals surface area contributed by atoms with Crippen LogP contribution in [-0.2, 0) is 0 Å². The molecule has 0 spiro atoms. The van der Waals surface area contributed by atoms with Gasteiger partial charge in [-0.1, -0.05) is 127 Å². The maximum absolute atomic E-state index is 6.87. The summed E-state index contributed by atoms with van der Waals surface area (Å²) in [5.74, 6) is 0. The number of hydrogen-bond acceptors (Lipinski definition) is 4. The second-order valence-corrected chi connectivity index (χ2v) is 13.6. The minimum atomic E-state index is 0.797. The van der Waals surface area contributed by atoms with Crippen LogP contribution in [0.25, 0.3) is 98.1 Å². The maximum Gasteiger partial charge on any atom is 0.159 e. The van der Waals surface area contributed by atoms with Gasteiger partial charge in [0, 0.05) is 32.3 Å². The van der Waals surface area contributed by atoms with E-state index >= 15 is 0 Å². The molecule has 4 heteroatoms. The van der Waals surface area contributed by atoms with E-state index in [2.05, 4.69) is 169 Å². The van der Waals surface area contributed by atoms with Gasteiger partial charge in [-0.15, -0.1) is 0 Å². The zero-order valence-electron chi connectivity index (χ0n) is 27.8. The standard InChI is InChI=1S/C48H27NO3/c1-4-13-31-28(10-1)22-25-40-43(31)34-16-7-19-37(46(34)50-40)49(38-20-8-17-35-44-32-14-5-2-11-29(32)23-26-41(44)51-47(35)38)39-21-9-18-36-45-33-15-6-3-12-30(33)24-27-42(45)52-48(36)39/h1-27H. The normalized spacial score (nSPS) is 12.2. The summed E-state index contributed by atoms with van der Waals surface area (Å²) in [6.45, 7) is 0. The van der Waals surface area contributed by atoms with Crippen molar-refractivity contribution in [2.75, 3.05) is 4.90 Å². The van der Waals surface area contributed by atoms with Crippen LogP contribution < -0.4 is 4.90 Å². The molecule has 3 heterocycles. The van der Waals surface area contributed by atoms with Crippen molar-refractivity contribution in [1.29, 1.82) is 0 Å². The highest BCUT2D eigenvalue weighted by Gasteiger charge is 2.27. The number of furan rings is 3. The summed E-state index contributed by atoms with van der Waals surface area (Å²) in [6, 6.07) is 57.5. The first-order valence-electron chi connectivity index (χ1n) is 17.6. The molecule has 0 saturated carbocycles. The molecule has 12 aromatic rings. The number of anilines is 3. The van der Waals surface area contributed by atoms with E-state index in [1.165, 1.54) is 32.3 Å². The fraction of sp³-hybridized carbons (Fsp3) is 0. The van der Waals surface area contributed by atoms with Gasteiger partial charge < -0.3 is 13.3 Å². The molecule has 9 aromatic carbocycles. The third-order valence-electron chi connectivity index (χ3n) is 10.8. The van der Waals surface area contributed by atoms with Crippen LogP contribution in [-0.4, -0.2) is 0 Å². The second kappa shape index (κ2) is 10.3. The first-order valence-corrected chi connectivity index (χ1v) is 17.6. The Hall–Kier alpha value is -7.04. The molecule has 3 aromatic heterocycles. The fourth-order valence-corrected chi connectivity index (χ4v) is 8.58. The molecule has 12 rings (SSSR count). The van der Waals surface area contributed by atoms with Gasteiger partial charge in [0.15, 0.2) is 16.7 Å². The molecule has 0 aliphatic rings. The zero-order valence-corrected chi connectivity index (χ0v) is 27.8. The van der Waals surface area contributed by atoms with E-state index in [1.807, 2.05) is 0 Å². The Morgan fingerprint density at radius 2 is 0.577 bits per heavy atom. The predicted octanol–water partition coefficient (Wildman–Crippen LogP) is 14.3. The Bertz CT molecular complexity index is 3070. The van der Waals surface area contributed by atoms with Gasteiger partial charge >= 0.3 is 0 Å². The van der Waals surface area contributed by atoms with Gasteiger partial charge in [0.05, 0.1) is 17.1 Å². The lowest BCUT2D eigenvalue weighted by Gasteiger charge is -2.25. The number of nitrogens with zero attached hydrogens (tertiary/aromatic N) is 1. The molecule has 0 N–H and O–H groups in total. The highest BCUT2D eigenvalue weighted by molar-refractivity contribution is 6.25. The Labute approximate surface area is 296 Å². The van der Waals surface area contributed by atoms with E-state index in [-0.39, 0.29) is 0 Å². The summed E-state index contributed by atoms with van der Waals surface area (Å²) in [7, 11) is 0. The molecule has 0 fully saturated rings. The molecular formula is C48H27NO3. The van der Waals surface area contributed by atoms with Crippen molar-refractivity contribution in [2.45, 2.75) is 0 Å². The molecule has 0 bridgehead atoms. The summed E-state index contributed by atoms with van der Waals surface area (Å²) >= 11 is 0. The van der Waals surface area contributed by atoms with Crippen LogP contribution in [0.5, 0.6) is 0 Å². The number of para-hydroxylation sites is 3. The van der Waals surface area contributed by atoms with Gasteiger partial charge in [0.1, 0.15) is 16.7 Å². The smallest absolute Gasteiger partial charge is 0.159 e. The number of benzene rings is 9. The first-order chi connectivity index (χ1) is 25.8. The summed E-state index contributed by atoms with van der Waals surface area (Å²) in [6.07, 6.45) is 0. The summed E-state index contributed by atoms with van der Waals surface area (Å²) in [4.78, 5) is 2.27. The van der Waals surface area contributed by atoms with Gasteiger partial charge in [0.2, 0.25) is 0 Å². The van der Waals surface area contributed by atoms with Crippen LogP contribution in [0.4, 0.5) is 17.1 Å². The van der Waals surface area contributed by atoms with Crippen molar-refractivity contribution in [3.8, 4) is 0 Å². The molecule has 0 atom stereocenters. The number of hydrogen-bond donors (Lipinski definition) is 0. The van der Waals surface area contributed by atoms with Crippen molar-refractivity contribution in [1.82, 2.24) is 0 Å². The Kier molecular flexibility index (Phi) is 5.47.